The summed E-state index contributed by atoms with van der Waals surface area (Å²) in [5.74, 6) is 1.25. The number of carbonyl (C=O) groups is 1. The maximum Gasteiger partial charge on any atom is 0.341 e. The summed E-state index contributed by atoms with van der Waals surface area (Å²) in [7, 11) is 1.39. The van der Waals surface area contributed by atoms with Crippen molar-refractivity contribution in [2.24, 2.45) is 0 Å². The Labute approximate surface area is 149 Å². The number of hydrogen-bond donors (Lipinski definition) is 1. The summed E-state index contributed by atoms with van der Waals surface area (Å²) in [5.41, 5.74) is 0.491. The van der Waals surface area contributed by atoms with Crippen LogP contribution in [-0.2, 0) is 4.74 Å². The second-order valence-electron chi connectivity index (χ2n) is 5.85. The predicted octanol–water partition coefficient (Wildman–Crippen LogP) is 5.28. The topological polar surface area (TPSA) is 35.5 Å². The van der Waals surface area contributed by atoms with Crippen LogP contribution in [0.15, 0.2) is 36.4 Å². The van der Waals surface area contributed by atoms with Crippen LogP contribution >= 0.6 is 12.6 Å². The zero-order valence-corrected chi connectivity index (χ0v) is 15.2. The van der Waals surface area contributed by atoms with Gasteiger partial charge in [-0.2, -0.15) is 12.6 Å². The molecule has 0 aliphatic heterocycles. The van der Waals surface area contributed by atoms with Crippen LogP contribution in [0.25, 0.3) is 10.8 Å². The largest absolute Gasteiger partial charge is 0.492 e. The first-order valence-corrected chi connectivity index (χ1v) is 9.25. The van der Waals surface area contributed by atoms with Gasteiger partial charge in [0.2, 0.25) is 0 Å². The summed E-state index contributed by atoms with van der Waals surface area (Å²) in [6, 6.07) is 11.6. The molecule has 0 N–H and O–H groups in total. The standard InChI is InChI=1S/C20H26O3S/c1-22-20(21)18-13-12-16-10-6-7-11-17(16)19(18)23-14-8-4-2-3-5-9-15-24/h6-7,10-13,24H,2-5,8-9,14-15H2,1H3. The molecule has 0 atom stereocenters. The normalized spacial score (nSPS) is 10.8. The highest BCUT2D eigenvalue weighted by molar-refractivity contribution is 7.80. The van der Waals surface area contributed by atoms with Crippen molar-refractivity contribution in [1.29, 1.82) is 0 Å². The van der Waals surface area contributed by atoms with Gasteiger partial charge in [-0.1, -0.05) is 56.0 Å². The summed E-state index contributed by atoms with van der Waals surface area (Å²) >= 11 is 4.23. The second-order valence-corrected chi connectivity index (χ2v) is 6.30. The highest BCUT2D eigenvalue weighted by atomic mass is 32.1. The number of fused-ring (bicyclic) bond motifs is 1. The van der Waals surface area contributed by atoms with E-state index in [-0.39, 0.29) is 5.97 Å². The van der Waals surface area contributed by atoms with Gasteiger partial charge in [-0.25, -0.2) is 4.79 Å². The van der Waals surface area contributed by atoms with Crippen LogP contribution in [0.1, 0.15) is 48.9 Å². The fourth-order valence-electron chi connectivity index (χ4n) is 2.76. The molecule has 4 heteroatoms. The van der Waals surface area contributed by atoms with Crippen molar-refractivity contribution < 1.29 is 14.3 Å². The second kappa shape index (κ2) is 10.2. The third-order valence-corrected chi connectivity index (χ3v) is 4.40. The van der Waals surface area contributed by atoms with Crippen molar-refractivity contribution in [3.63, 3.8) is 0 Å². The molecule has 0 saturated heterocycles. The van der Waals surface area contributed by atoms with Crippen LogP contribution in [0.4, 0.5) is 0 Å². The Bertz CT molecular complexity index is 654. The van der Waals surface area contributed by atoms with Crippen molar-refractivity contribution in [2.75, 3.05) is 19.5 Å². The van der Waals surface area contributed by atoms with Crippen molar-refractivity contribution >= 4 is 29.4 Å². The van der Waals surface area contributed by atoms with Crippen LogP contribution in [-0.4, -0.2) is 25.4 Å². The van der Waals surface area contributed by atoms with E-state index >= 15 is 0 Å². The van der Waals surface area contributed by atoms with Gasteiger partial charge in [0.15, 0.2) is 0 Å². The number of esters is 1. The van der Waals surface area contributed by atoms with Crippen LogP contribution in [0.3, 0.4) is 0 Å². The van der Waals surface area contributed by atoms with E-state index in [2.05, 4.69) is 12.6 Å². The average Bonchev–Trinajstić information content (AvgIpc) is 2.63. The average molecular weight is 346 g/mol. The Morgan fingerprint density at radius 2 is 1.67 bits per heavy atom. The van der Waals surface area contributed by atoms with Gasteiger partial charge in [0, 0.05) is 5.39 Å². The maximum absolute atomic E-state index is 12.0. The lowest BCUT2D eigenvalue weighted by molar-refractivity contribution is 0.0596. The molecule has 0 radical (unpaired) electrons. The fourth-order valence-corrected chi connectivity index (χ4v) is 2.99. The van der Waals surface area contributed by atoms with Crippen LogP contribution < -0.4 is 4.74 Å². The smallest absolute Gasteiger partial charge is 0.341 e. The lowest BCUT2D eigenvalue weighted by Gasteiger charge is -2.13. The van der Waals surface area contributed by atoms with Crippen LogP contribution in [0, 0.1) is 0 Å². The monoisotopic (exact) mass is 346 g/mol. The van der Waals surface area contributed by atoms with Gasteiger partial charge in [-0.15, -0.1) is 0 Å². The van der Waals surface area contributed by atoms with E-state index in [1.807, 2.05) is 30.3 Å². The lowest BCUT2D eigenvalue weighted by Crippen LogP contribution is -2.07. The Balaban J connectivity index is 1.97. The number of hydrogen-bond acceptors (Lipinski definition) is 4. The van der Waals surface area contributed by atoms with E-state index in [0.717, 1.165) is 29.4 Å². The van der Waals surface area contributed by atoms with E-state index in [1.165, 1.54) is 32.8 Å². The van der Waals surface area contributed by atoms with Crippen LogP contribution in [0.5, 0.6) is 5.75 Å². The quantitative estimate of drug-likeness (QED) is 0.361. The van der Waals surface area contributed by atoms with Gasteiger partial charge in [-0.05, 0) is 30.0 Å². The molecule has 0 heterocycles. The molecule has 0 aromatic heterocycles. The lowest BCUT2D eigenvalue weighted by atomic mass is 10.1. The molecule has 130 valence electrons. The Morgan fingerprint density at radius 1 is 0.958 bits per heavy atom. The van der Waals surface area contributed by atoms with Gasteiger partial charge in [0.1, 0.15) is 11.3 Å². The number of unbranched alkanes of at least 4 members (excludes halogenated alkanes) is 5. The number of ether oxygens (including phenoxy) is 2. The molecule has 2 aromatic rings. The van der Waals surface area contributed by atoms with E-state index in [4.69, 9.17) is 9.47 Å². The molecule has 2 aromatic carbocycles. The Morgan fingerprint density at radius 3 is 2.42 bits per heavy atom. The highest BCUT2D eigenvalue weighted by Gasteiger charge is 2.16. The summed E-state index contributed by atoms with van der Waals surface area (Å²) in [6.45, 7) is 0.616. The zero-order valence-electron chi connectivity index (χ0n) is 14.3. The van der Waals surface area contributed by atoms with Gasteiger partial charge >= 0.3 is 5.97 Å². The first-order valence-electron chi connectivity index (χ1n) is 8.61. The fraction of sp³-hybridized carbons (Fsp3) is 0.450. The van der Waals surface area contributed by atoms with Crippen molar-refractivity contribution in [2.45, 2.75) is 38.5 Å². The number of rotatable bonds is 10. The summed E-state index contributed by atoms with van der Waals surface area (Å²) in [6.07, 6.45) is 7.05. The van der Waals surface area contributed by atoms with E-state index in [0.29, 0.717) is 17.9 Å². The van der Waals surface area contributed by atoms with Gasteiger partial charge in [-0.3, -0.25) is 0 Å². The third-order valence-electron chi connectivity index (χ3n) is 4.08. The molecule has 0 aliphatic carbocycles. The third kappa shape index (κ3) is 5.17. The first-order chi connectivity index (χ1) is 11.8. The molecule has 3 nitrogen and oxygen atoms in total. The molecule has 0 spiro atoms. The van der Waals surface area contributed by atoms with E-state index in [1.54, 1.807) is 6.07 Å². The highest BCUT2D eigenvalue weighted by Crippen LogP contribution is 2.30. The molecule has 24 heavy (non-hydrogen) atoms. The zero-order chi connectivity index (χ0) is 17.2. The first kappa shape index (κ1) is 18.7. The van der Waals surface area contributed by atoms with Crippen molar-refractivity contribution in [3.05, 3.63) is 42.0 Å². The molecule has 0 saturated carbocycles. The SMILES string of the molecule is COC(=O)c1ccc2ccccc2c1OCCCCCCCCS. The molecule has 0 unspecified atom stereocenters. The minimum Gasteiger partial charge on any atom is -0.492 e. The van der Waals surface area contributed by atoms with Crippen LogP contribution in [0.2, 0.25) is 0 Å². The molecule has 0 fully saturated rings. The Kier molecular flexibility index (Phi) is 7.96. The summed E-state index contributed by atoms with van der Waals surface area (Å²) < 4.78 is 10.9. The van der Waals surface area contributed by atoms with E-state index < -0.39 is 0 Å². The molecular formula is C20H26O3S. The van der Waals surface area contributed by atoms with Gasteiger partial charge in [0.25, 0.3) is 0 Å². The van der Waals surface area contributed by atoms with Gasteiger partial charge < -0.3 is 9.47 Å². The molecule has 2 rings (SSSR count). The van der Waals surface area contributed by atoms with Gasteiger partial charge in [0.05, 0.1) is 13.7 Å². The minimum atomic E-state index is -0.359. The van der Waals surface area contributed by atoms with Crippen molar-refractivity contribution in [3.8, 4) is 5.75 Å². The minimum absolute atomic E-state index is 0.359. The number of methoxy groups -OCH3 is 1. The Hall–Kier alpha value is -1.68. The van der Waals surface area contributed by atoms with E-state index in [9.17, 15) is 4.79 Å². The maximum atomic E-state index is 12.0. The summed E-state index contributed by atoms with van der Waals surface area (Å²) in [4.78, 5) is 12.0. The number of thiol groups is 1. The van der Waals surface area contributed by atoms with Crippen molar-refractivity contribution in [1.82, 2.24) is 0 Å². The molecule has 0 bridgehead atoms. The molecule has 0 aliphatic rings. The molecule has 0 amide bonds. The number of carbonyl (C=O) groups excluding carboxylic acids is 1. The molecular weight excluding hydrogens is 320 g/mol. The predicted molar refractivity (Wildman–Crippen MR) is 102 cm³/mol. The summed E-state index contributed by atoms with van der Waals surface area (Å²) in [5, 5.41) is 2.01. The number of benzene rings is 2.